The number of fused-ring (bicyclic) bond motifs is 1. The minimum absolute atomic E-state index is 0.237. The Kier molecular flexibility index (Phi) is 2.47. The zero-order valence-electron chi connectivity index (χ0n) is 8.98. The normalized spacial score (nSPS) is 10.6. The first-order valence-electron chi connectivity index (χ1n) is 4.88. The summed E-state index contributed by atoms with van der Waals surface area (Å²) in [6, 6.07) is 0. The van der Waals surface area contributed by atoms with Crippen molar-refractivity contribution in [2.75, 3.05) is 6.61 Å². The molecule has 0 aliphatic heterocycles. The minimum atomic E-state index is -0.489. The molecule has 0 aromatic carbocycles. The largest absolute Gasteiger partial charge is 0.462 e. The molecule has 6 nitrogen and oxygen atoms in total. The van der Waals surface area contributed by atoms with Gasteiger partial charge in [0.15, 0.2) is 5.65 Å². The maximum Gasteiger partial charge on any atom is 0.343 e. The highest BCUT2D eigenvalue weighted by atomic mass is 16.5. The number of hydrogen-bond acceptors (Lipinski definition) is 4. The van der Waals surface area contributed by atoms with Crippen molar-refractivity contribution in [3.63, 3.8) is 0 Å². The van der Waals surface area contributed by atoms with E-state index in [-0.39, 0.29) is 17.7 Å². The molecule has 16 heavy (non-hydrogen) atoms. The second-order valence-corrected chi connectivity index (χ2v) is 3.34. The standard InChI is InChI=1S/C10H11N3O3/c1-3-16-10(15)7-4-11-13-5-6(2)9(14)12-8(7)13/h4-5H,3H2,1-2H3,(H,12,14). The van der Waals surface area contributed by atoms with E-state index in [0.717, 1.165) is 0 Å². The van der Waals surface area contributed by atoms with Crippen LogP contribution in [0, 0.1) is 6.92 Å². The van der Waals surface area contributed by atoms with Gasteiger partial charge < -0.3 is 9.72 Å². The van der Waals surface area contributed by atoms with Gasteiger partial charge in [0.2, 0.25) is 0 Å². The summed E-state index contributed by atoms with van der Waals surface area (Å²) in [5.41, 5.74) is 0.914. The Morgan fingerprint density at radius 2 is 2.38 bits per heavy atom. The Balaban J connectivity index is 2.60. The van der Waals surface area contributed by atoms with Crippen LogP contribution in [0.25, 0.3) is 5.65 Å². The molecular formula is C10H11N3O3. The second-order valence-electron chi connectivity index (χ2n) is 3.34. The summed E-state index contributed by atoms with van der Waals surface area (Å²) in [7, 11) is 0. The molecule has 0 atom stereocenters. The van der Waals surface area contributed by atoms with Gasteiger partial charge in [-0.25, -0.2) is 9.31 Å². The van der Waals surface area contributed by atoms with Crippen molar-refractivity contribution in [3.8, 4) is 0 Å². The number of carbonyl (C=O) groups excluding carboxylic acids is 1. The van der Waals surface area contributed by atoms with Crippen LogP contribution in [0.5, 0.6) is 0 Å². The summed E-state index contributed by atoms with van der Waals surface area (Å²) >= 11 is 0. The third-order valence-electron chi connectivity index (χ3n) is 2.20. The van der Waals surface area contributed by atoms with Crippen molar-refractivity contribution in [2.24, 2.45) is 0 Å². The number of aromatic nitrogens is 3. The number of nitrogens with zero attached hydrogens (tertiary/aromatic N) is 2. The predicted molar refractivity (Wildman–Crippen MR) is 56.5 cm³/mol. The van der Waals surface area contributed by atoms with Crippen LogP contribution in [0.1, 0.15) is 22.8 Å². The van der Waals surface area contributed by atoms with Crippen LogP contribution in [0.3, 0.4) is 0 Å². The number of carbonyl (C=O) groups is 1. The van der Waals surface area contributed by atoms with E-state index in [1.807, 2.05) is 0 Å². The van der Waals surface area contributed by atoms with E-state index in [4.69, 9.17) is 4.74 Å². The van der Waals surface area contributed by atoms with Crippen molar-refractivity contribution >= 4 is 11.6 Å². The van der Waals surface area contributed by atoms with E-state index in [2.05, 4.69) is 10.1 Å². The van der Waals surface area contributed by atoms with Crippen LogP contribution < -0.4 is 5.56 Å². The van der Waals surface area contributed by atoms with Crippen molar-refractivity contribution < 1.29 is 9.53 Å². The highest BCUT2D eigenvalue weighted by Crippen LogP contribution is 2.08. The molecule has 0 saturated heterocycles. The summed E-state index contributed by atoms with van der Waals surface area (Å²) in [4.78, 5) is 25.5. The molecule has 84 valence electrons. The molecule has 0 unspecified atom stereocenters. The van der Waals surface area contributed by atoms with Crippen molar-refractivity contribution in [3.05, 3.63) is 33.9 Å². The van der Waals surface area contributed by atoms with Gasteiger partial charge in [-0.2, -0.15) is 5.10 Å². The van der Waals surface area contributed by atoms with Crippen LogP contribution in [0.4, 0.5) is 0 Å². The van der Waals surface area contributed by atoms with Crippen LogP contribution >= 0.6 is 0 Å². The van der Waals surface area contributed by atoms with Crippen LogP contribution in [-0.2, 0) is 4.74 Å². The van der Waals surface area contributed by atoms with Gasteiger partial charge in [0.25, 0.3) is 5.56 Å². The third kappa shape index (κ3) is 1.58. The fraction of sp³-hybridized carbons (Fsp3) is 0.300. The van der Waals surface area contributed by atoms with Crippen LogP contribution in [0.15, 0.2) is 17.2 Å². The van der Waals surface area contributed by atoms with Gasteiger partial charge in [0, 0.05) is 11.8 Å². The number of esters is 1. The van der Waals surface area contributed by atoms with Crippen LogP contribution in [-0.4, -0.2) is 27.2 Å². The third-order valence-corrected chi connectivity index (χ3v) is 2.20. The fourth-order valence-corrected chi connectivity index (χ4v) is 1.39. The molecule has 2 rings (SSSR count). The first-order chi connectivity index (χ1) is 7.63. The quantitative estimate of drug-likeness (QED) is 0.749. The lowest BCUT2D eigenvalue weighted by molar-refractivity contribution is 0.0528. The lowest BCUT2D eigenvalue weighted by atomic mass is 10.3. The summed E-state index contributed by atoms with van der Waals surface area (Å²) in [5, 5.41) is 3.97. The summed E-state index contributed by atoms with van der Waals surface area (Å²) < 4.78 is 6.30. The number of nitrogens with one attached hydrogen (secondary N) is 1. The number of ether oxygens (including phenoxy) is 1. The van der Waals surface area contributed by atoms with Gasteiger partial charge in [0.1, 0.15) is 5.56 Å². The Bertz CT molecular complexity index is 597. The van der Waals surface area contributed by atoms with Gasteiger partial charge in [-0.3, -0.25) is 4.79 Å². The molecular weight excluding hydrogens is 210 g/mol. The van der Waals surface area contributed by atoms with E-state index in [9.17, 15) is 9.59 Å². The van der Waals surface area contributed by atoms with Crippen LogP contribution in [0.2, 0.25) is 0 Å². The predicted octanol–water partition coefficient (Wildman–Crippen LogP) is 0.508. The molecule has 0 amide bonds. The maximum absolute atomic E-state index is 11.5. The van der Waals surface area contributed by atoms with E-state index in [1.165, 1.54) is 10.7 Å². The van der Waals surface area contributed by atoms with Crippen molar-refractivity contribution in [1.82, 2.24) is 14.6 Å². The Hall–Kier alpha value is -2.11. The lowest BCUT2D eigenvalue weighted by Crippen LogP contribution is -2.13. The summed E-state index contributed by atoms with van der Waals surface area (Å²) in [6.07, 6.45) is 2.94. The summed E-state index contributed by atoms with van der Waals surface area (Å²) in [6.45, 7) is 3.67. The number of rotatable bonds is 2. The monoisotopic (exact) mass is 221 g/mol. The first kappa shape index (κ1) is 10.4. The smallest absolute Gasteiger partial charge is 0.343 e. The Morgan fingerprint density at radius 3 is 3.06 bits per heavy atom. The van der Waals surface area contributed by atoms with E-state index in [0.29, 0.717) is 11.2 Å². The fourth-order valence-electron chi connectivity index (χ4n) is 1.39. The highest BCUT2D eigenvalue weighted by molar-refractivity contribution is 5.95. The highest BCUT2D eigenvalue weighted by Gasteiger charge is 2.14. The van der Waals surface area contributed by atoms with E-state index >= 15 is 0 Å². The molecule has 0 fully saturated rings. The SMILES string of the molecule is CCOC(=O)c1cnn2cc(C)c(=O)[nH]c12. The van der Waals surface area contributed by atoms with Crippen molar-refractivity contribution in [2.45, 2.75) is 13.8 Å². The molecule has 6 heteroatoms. The maximum atomic E-state index is 11.5. The minimum Gasteiger partial charge on any atom is -0.462 e. The topological polar surface area (TPSA) is 76.5 Å². The molecule has 2 heterocycles. The zero-order valence-corrected chi connectivity index (χ0v) is 8.98. The summed E-state index contributed by atoms with van der Waals surface area (Å²) in [5.74, 6) is -0.489. The molecule has 0 saturated carbocycles. The molecule has 0 spiro atoms. The van der Waals surface area contributed by atoms with Gasteiger partial charge in [-0.1, -0.05) is 0 Å². The molecule has 0 aliphatic rings. The lowest BCUT2D eigenvalue weighted by Gasteiger charge is -1.99. The van der Waals surface area contributed by atoms with Gasteiger partial charge in [-0.15, -0.1) is 0 Å². The number of aryl methyl sites for hydroxylation is 1. The molecule has 0 aliphatic carbocycles. The van der Waals surface area contributed by atoms with Gasteiger partial charge in [-0.05, 0) is 13.8 Å². The van der Waals surface area contributed by atoms with E-state index < -0.39 is 5.97 Å². The zero-order chi connectivity index (χ0) is 11.7. The molecule has 0 radical (unpaired) electrons. The number of H-pyrrole nitrogens is 1. The number of aromatic amines is 1. The number of hydrogen-bond donors (Lipinski definition) is 1. The second kappa shape index (κ2) is 3.80. The Labute approximate surface area is 90.9 Å². The molecule has 2 aromatic rings. The molecule has 1 N–H and O–H groups in total. The first-order valence-corrected chi connectivity index (χ1v) is 4.88. The molecule has 0 bridgehead atoms. The Morgan fingerprint density at radius 1 is 1.62 bits per heavy atom. The average Bonchev–Trinajstić information content (AvgIpc) is 2.62. The average molecular weight is 221 g/mol. The van der Waals surface area contributed by atoms with E-state index in [1.54, 1.807) is 20.0 Å². The molecule has 2 aromatic heterocycles. The van der Waals surface area contributed by atoms with Crippen molar-refractivity contribution in [1.29, 1.82) is 0 Å². The van der Waals surface area contributed by atoms with Gasteiger partial charge in [0.05, 0.1) is 12.8 Å². The van der Waals surface area contributed by atoms with Gasteiger partial charge >= 0.3 is 5.97 Å².